The second kappa shape index (κ2) is 8.95. The van der Waals surface area contributed by atoms with Gasteiger partial charge in [-0.15, -0.1) is 0 Å². The van der Waals surface area contributed by atoms with E-state index >= 15 is 0 Å². The molecule has 0 aromatic heterocycles. The van der Waals surface area contributed by atoms with Crippen molar-refractivity contribution in [3.8, 4) is 11.5 Å². The molecule has 0 amide bonds. The number of rotatable bonds is 8. The summed E-state index contributed by atoms with van der Waals surface area (Å²) in [7, 11) is 0. The van der Waals surface area contributed by atoms with Crippen LogP contribution in [-0.4, -0.2) is 32.0 Å². The van der Waals surface area contributed by atoms with Crippen LogP contribution in [0.15, 0.2) is 42.5 Å². The highest BCUT2D eigenvalue weighted by molar-refractivity contribution is 5.56. The molecule has 1 aliphatic heterocycles. The molecular weight excluding hydrogens is 326 g/mol. The number of hydrogen-bond acceptors (Lipinski definition) is 4. The van der Waals surface area contributed by atoms with Crippen LogP contribution in [0.1, 0.15) is 30.9 Å². The monoisotopic (exact) mass is 355 g/mol. The lowest BCUT2D eigenvalue weighted by Gasteiger charge is -2.20. The third-order valence-electron chi connectivity index (χ3n) is 4.59. The summed E-state index contributed by atoms with van der Waals surface area (Å²) in [6, 6.07) is 14.3. The Morgan fingerprint density at radius 3 is 2.81 bits per heavy atom. The van der Waals surface area contributed by atoms with Gasteiger partial charge in [-0.05, 0) is 62.9 Å². The summed E-state index contributed by atoms with van der Waals surface area (Å²) in [5.74, 6) is 1.81. The Balaban J connectivity index is 1.54. The van der Waals surface area contributed by atoms with Gasteiger partial charge in [0.25, 0.3) is 0 Å². The SMILES string of the molecule is Cc1ccc(C)c(OC(C)CNc2ccccc2OCC2CCCO2)c1. The fourth-order valence-corrected chi connectivity index (χ4v) is 3.04. The van der Waals surface area contributed by atoms with Crippen LogP contribution in [0.2, 0.25) is 0 Å². The standard InChI is InChI=1S/C22H29NO3/c1-16-10-11-17(2)22(13-16)26-18(3)14-23-20-8-4-5-9-21(20)25-15-19-7-6-12-24-19/h4-5,8-11,13,18-19,23H,6-7,12,14-15H2,1-3H3. The summed E-state index contributed by atoms with van der Waals surface area (Å²) in [4.78, 5) is 0. The van der Waals surface area contributed by atoms with Crippen molar-refractivity contribution in [3.63, 3.8) is 0 Å². The molecule has 1 N–H and O–H groups in total. The molecule has 140 valence electrons. The van der Waals surface area contributed by atoms with E-state index < -0.39 is 0 Å². The molecule has 1 aliphatic rings. The average molecular weight is 355 g/mol. The number of hydrogen-bond donors (Lipinski definition) is 1. The Morgan fingerprint density at radius 1 is 1.15 bits per heavy atom. The lowest BCUT2D eigenvalue weighted by atomic mass is 10.1. The fraction of sp³-hybridized carbons (Fsp3) is 0.455. The van der Waals surface area contributed by atoms with Crippen molar-refractivity contribution in [3.05, 3.63) is 53.6 Å². The van der Waals surface area contributed by atoms with Crippen molar-refractivity contribution in [2.75, 3.05) is 25.1 Å². The van der Waals surface area contributed by atoms with Gasteiger partial charge in [0, 0.05) is 6.61 Å². The molecule has 0 aliphatic carbocycles. The summed E-state index contributed by atoms with van der Waals surface area (Å²) in [6.07, 6.45) is 2.47. The van der Waals surface area contributed by atoms with E-state index in [4.69, 9.17) is 14.2 Å². The molecule has 0 bridgehead atoms. The number of nitrogens with one attached hydrogen (secondary N) is 1. The first kappa shape index (κ1) is 18.6. The maximum atomic E-state index is 6.11. The van der Waals surface area contributed by atoms with Crippen LogP contribution in [-0.2, 0) is 4.74 Å². The molecule has 2 aromatic carbocycles. The van der Waals surface area contributed by atoms with Gasteiger partial charge in [0.05, 0.1) is 18.3 Å². The average Bonchev–Trinajstić information content (AvgIpc) is 3.15. The summed E-state index contributed by atoms with van der Waals surface area (Å²) in [5, 5.41) is 3.45. The Kier molecular flexibility index (Phi) is 6.40. The lowest BCUT2D eigenvalue weighted by molar-refractivity contribution is 0.0682. The first-order valence-corrected chi connectivity index (χ1v) is 9.43. The van der Waals surface area contributed by atoms with Crippen molar-refractivity contribution in [1.29, 1.82) is 0 Å². The highest BCUT2D eigenvalue weighted by Gasteiger charge is 2.17. The smallest absolute Gasteiger partial charge is 0.142 e. The molecule has 1 fully saturated rings. The minimum absolute atomic E-state index is 0.0433. The van der Waals surface area contributed by atoms with Gasteiger partial charge in [-0.2, -0.15) is 0 Å². The molecule has 0 saturated carbocycles. The largest absolute Gasteiger partial charge is 0.489 e. The van der Waals surface area contributed by atoms with Crippen molar-refractivity contribution in [2.45, 2.75) is 45.8 Å². The summed E-state index contributed by atoms with van der Waals surface area (Å²) in [6.45, 7) is 8.38. The molecule has 0 radical (unpaired) electrons. The van der Waals surface area contributed by atoms with Gasteiger partial charge in [0.2, 0.25) is 0 Å². The summed E-state index contributed by atoms with van der Waals surface area (Å²) < 4.78 is 17.7. The minimum Gasteiger partial charge on any atom is -0.489 e. The van der Waals surface area contributed by atoms with Crippen LogP contribution in [0.5, 0.6) is 11.5 Å². The van der Waals surface area contributed by atoms with Crippen LogP contribution >= 0.6 is 0 Å². The third kappa shape index (κ3) is 5.15. The van der Waals surface area contributed by atoms with E-state index in [-0.39, 0.29) is 12.2 Å². The zero-order chi connectivity index (χ0) is 18.4. The minimum atomic E-state index is 0.0433. The second-order valence-electron chi connectivity index (χ2n) is 7.02. The van der Waals surface area contributed by atoms with Crippen LogP contribution in [0.25, 0.3) is 0 Å². The maximum Gasteiger partial charge on any atom is 0.142 e. The zero-order valence-electron chi connectivity index (χ0n) is 16.0. The van der Waals surface area contributed by atoms with E-state index in [1.807, 2.05) is 24.3 Å². The Morgan fingerprint density at radius 2 is 2.00 bits per heavy atom. The van der Waals surface area contributed by atoms with E-state index in [0.29, 0.717) is 13.2 Å². The summed E-state index contributed by atoms with van der Waals surface area (Å²) >= 11 is 0. The fourth-order valence-electron chi connectivity index (χ4n) is 3.04. The molecule has 1 heterocycles. The molecular formula is C22H29NO3. The van der Waals surface area contributed by atoms with Gasteiger partial charge in [0.1, 0.15) is 24.2 Å². The number of ether oxygens (including phenoxy) is 3. The van der Waals surface area contributed by atoms with Crippen LogP contribution in [0.4, 0.5) is 5.69 Å². The van der Waals surface area contributed by atoms with Gasteiger partial charge in [-0.3, -0.25) is 0 Å². The van der Waals surface area contributed by atoms with Crippen molar-refractivity contribution in [2.24, 2.45) is 0 Å². The Labute approximate surface area is 156 Å². The van der Waals surface area contributed by atoms with Gasteiger partial charge in [-0.25, -0.2) is 0 Å². The highest BCUT2D eigenvalue weighted by atomic mass is 16.5. The maximum absolute atomic E-state index is 6.11. The Bertz CT molecular complexity index is 710. The predicted octanol–water partition coefficient (Wildman–Crippen LogP) is 4.74. The van der Waals surface area contributed by atoms with Crippen LogP contribution in [0.3, 0.4) is 0 Å². The molecule has 26 heavy (non-hydrogen) atoms. The first-order valence-electron chi connectivity index (χ1n) is 9.43. The molecule has 2 unspecified atom stereocenters. The normalized spacial score (nSPS) is 17.7. The van der Waals surface area contributed by atoms with E-state index in [1.165, 1.54) is 5.56 Å². The van der Waals surface area contributed by atoms with E-state index in [2.05, 4.69) is 44.3 Å². The van der Waals surface area contributed by atoms with Crippen molar-refractivity contribution < 1.29 is 14.2 Å². The quantitative estimate of drug-likeness (QED) is 0.742. The van der Waals surface area contributed by atoms with Crippen molar-refractivity contribution in [1.82, 2.24) is 0 Å². The lowest BCUT2D eigenvalue weighted by Crippen LogP contribution is -2.23. The van der Waals surface area contributed by atoms with Gasteiger partial charge in [0.15, 0.2) is 0 Å². The van der Waals surface area contributed by atoms with Crippen LogP contribution in [0, 0.1) is 13.8 Å². The van der Waals surface area contributed by atoms with Crippen LogP contribution < -0.4 is 14.8 Å². The number of para-hydroxylation sites is 2. The molecule has 2 atom stereocenters. The molecule has 4 heteroatoms. The van der Waals surface area contributed by atoms with Gasteiger partial charge < -0.3 is 19.5 Å². The highest BCUT2D eigenvalue weighted by Crippen LogP contribution is 2.26. The topological polar surface area (TPSA) is 39.7 Å². The molecule has 4 nitrogen and oxygen atoms in total. The third-order valence-corrected chi connectivity index (χ3v) is 4.59. The molecule has 2 aromatic rings. The number of aryl methyl sites for hydroxylation is 2. The van der Waals surface area contributed by atoms with E-state index in [0.717, 1.165) is 42.2 Å². The molecule has 3 rings (SSSR count). The first-order chi connectivity index (χ1) is 12.6. The zero-order valence-corrected chi connectivity index (χ0v) is 16.0. The number of benzene rings is 2. The van der Waals surface area contributed by atoms with E-state index in [1.54, 1.807) is 0 Å². The Hall–Kier alpha value is -2.20. The molecule has 1 saturated heterocycles. The summed E-state index contributed by atoms with van der Waals surface area (Å²) in [5.41, 5.74) is 3.35. The predicted molar refractivity (Wildman–Crippen MR) is 105 cm³/mol. The number of anilines is 1. The second-order valence-corrected chi connectivity index (χ2v) is 7.02. The van der Waals surface area contributed by atoms with E-state index in [9.17, 15) is 0 Å². The van der Waals surface area contributed by atoms with Gasteiger partial charge in [-0.1, -0.05) is 24.3 Å². The molecule has 0 spiro atoms. The van der Waals surface area contributed by atoms with Gasteiger partial charge >= 0.3 is 0 Å². The van der Waals surface area contributed by atoms with Crippen molar-refractivity contribution >= 4 is 5.69 Å².